The lowest BCUT2D eigenvalue weighted by molar-refractivity contribution is 0.215. The van der Waals surface area contributed by atoms with Gasteiger partial charge < -0.3 is 9.47 Å². The van der Waals surface area contributed by atoms with Crippen LogP contribution in [0.5, 0.6) is 0 Å². The van der Waals surface area contributed by atoms with Crippen LogP contribution in [0.4, 0.5) is 0 Å². The smallest absolute Gasteiger partial charge is 0.255 e. The number of nitrogens with zero attached hydrogens (tertiary/aromatic N) is 3. The highest BCUT2D eigenvalue weighted by Crippen LogP contribution is 2.28. The summed E-state index contributed by atoms with van der Waals surface area (Å²) in [5.74, 6) is 1.31. The van der Waals surface area contributed by atoms with Gasteiger partial charge in [-0.1, -0.05) is 32.0 Å². The Morgan fingerprint density at radius 3 is 2.54 bits per heavy atom. The van der Waals surface area contributed by atoms with Gasteiger partial charge in [0, 0.05) is 38.3 Å². The van der Waals surface area contributed by atoms with Crippen LogP contribution in [0.3, 0.4) is 0 Å². The topological polar surface area (TPSA) is 28.5 Å². The second kappa shape index (κ2) is 6.69. The lowest BCUT2D eigenvalue weighted by atomic mass is 9.91. The molecule has 2 atom stereocenters. The van der Waals surface area contributed by atoms with Crippen LogP contribution in [-0.4, -0.2) is 47.6 Å². The molecule has 1 aliphatic heterocycles. The molecule has 1 aromatic carbocycles. The second-order valence-corrected chi connectivity index (χ2v) is 7.73. The lowest BCUT2D eigenvalue weighted by Gasteiger charge is -2.27. The lowest BCUT2D eigenvalue weighted by Crippen LogP contribution is -2.37. The minimum atomic E-state index is 0.128. The maximum absolute atomic E-state index is 12.7. The van der Waals surface area contributed by atoms with Crippen LogP contribution < -0.4 is 5.56 Å². The molecule has 1 aromatic heterocycles. The summed E-state index contributed by atoms with van der Waals surface area (Å²) >= 11 is 0. The number of rotatable bonds is 4. The molecule has 0 saturated carbocycles. The molecule has 130 valence electrons. The predicted molar refractivity (Wildman–Crippen MR) is 100 cm³/mol. The largest absolute Gasteiger partial charge is 0.311 e. The number of likely N-dealkylation sites (tertiary alicyclic amines) is 1. The van der Waals surface area contributed by atoms with Crippen LogP contribution in [0.25, 0.3) is 10.9 Å². The standard InChI is InChI=1S/C20H29N3O/c1-14(2)17-12-23(13-19(17)21(3)4)11-16-10-15-8-6-7-9-18(15)22(5)20(16)24/h6-10,14,17,19H,11-13H2,1-5H3/t17-,19+/m0/s1. The van der Waals surface area contributed by atoms with Crippen LogP contribution in [-0.2, 0) is 13.6 Å². The Morgan fingerprint density at radius 2 is 1.92 bits per heavy atom. The highest BCUT2D eigenvalue weighted by atomic mass is 16.1. The Bertz CT molecular complexity index is 762. The van der Waals surface area contributed by atoms with Gasteiger partial charge in [0.1, 0.15) is 0 Å². The van der Waals surface area contributed by atoms with Crippen molar-refractivity contribution < 1.29 is 0 Å². The highest BCUT2D eigenvalue weighted by Gasteiger charge is 2.35. The first-order valence-corrected chi connectivity index (χ1v) is 8.85. The minimum absolute atomic E-state index is 0.128. The summed E-state index contributed by atoms with van der Waals surface area (Å²) in [6.45, 7) is 7.45. The van der Waals surface area contributed by atoms with E-state index in [0.29, 0.717) is 17.9 Å². The van der Waals surface area contributed by atoms with Gasteiger partial charge in [-0.25, -0.2) is 0 Å². The molecule has 1 aliphatic rings. The molecule has 0 N–H and O–H groups in total. The van der Waals surface area contributed by atoms with Gasteiger partial charge in [0.2, 0.25) is 0 Å². The summed E-state index contributed by atoms with van der Waals surface area (Å²) in [6.07, 6.45) is 0. The van der Waals surface area contributed by atoms with Crippen molar-refractivity contribution in [3.8, 4) is 0 Å². The number of fused-ring (bicyclic) bond motifs is 1. The number of para-hydroxylation sites is 1. The Hall–Kier alpha value is -1.65. The number of likely N-dealkylation sites (N-methyl/N-ethyl adjacent to an activating group) is 1. The first kappa shape index (κ1) is 17.2. The van der Waals surface area contributed by atoms with E-state index in [4.69, 9.17) is 0 Å². The molecule has 3 rings (SSSR count). The normalized spacial score (nSPS) is 22.1. The number of hydrogen-bond acceptors (Lipinski definition) is 3. The van der Waals surface area contributed by atoms with E-state index in [1.807, 2.05) is 25.2 Å². The van der Waals surface area contributed by atoms with Gasteiger partial charge in [-0.3, -0.25) is 9.69 Å². The van der Waals surface area contributed by atoms with Gasteiger partial charge in [-0.05, 0) is 43.5 Å². The van der Waals surface area contributed by atoms with E-state index >= 15 is 0 Å². The molecule has 0 bridgehead atoms. The molecule has 0 unspecified atom stereocenters. The fourth-order valence-electron chi connectivity index (χ4n) is 4.07. The van der Waals surface area contributed by atoms with Crippen LogP contribution in [0.2, 0.25) is 0 Å². The Morgan fingerprint density at radius 1 is 1.21 bits per heavy atom. The van der Waals surface area contributed by atoms with Crippen LogP contribution in [0.1, 0.15) is 19.4 Å². The van der Waals surface area contributed by atoms with E-state index in [1.165, 1.54) is 0 Å². The summed E-state index contributed by atoms with van der Waals surface area (Å²) in [7, 11) is 6.20. The Kier molecular flexibility index (Phi) is 4.79. The van der Waals surface area contributed by atoms with Crippen molar-refractivity contribution in [2.24, 2.45) is 18.9 Å². The summed E-state index contributed by atoms with van der Waals surface area (Å²) in [6, 6.07) is 10.7. The Labute approximate surface area is 144 Å². The van der Waals surface area contributed by atoms with Crippen molar-refractivity contribution in [2.75, 3.05) is 27.2 Å². The number of benzene rings is 1. The van der Waals surface area contributed by atoms with Gasteiger partial charge in [0.15, 0.2) is 0 Å². The molecule has 1 fully saturated rings. The molecule has 4 nitrogen and oxygen atoms in total. The zero-order valence-electron chi connectivity index (χ0n) is 15.5. The van der Waals surface area contributed by atoms with Gasteiger partial charge in [-0.15, -0.1) is 0 Å². The highest BCUT2D eigenvalue weighted by molar-refractivity contribution is 5.79. The van der Waals surface area contributed by atoms with Crippen molar-refractivity contribution in [1.29, 1.82) is 0 Å². The first-order valence-electron chi connectivity index (χ1n) is 8.85. The predicted octanol–water partition coefficient (Wildman–Crippen LogP) is 2.56. The van der Waals surface area contributed by atoms with Crippen LogP contribution in [0, 0.1) is 11.8 Å². The van der Waals surface area contributed by atoms with Crippen molar-refractivity contribution in [3.63, 3.8) is 0 Å². The number of hydrogen-bond donors (Lipinski definition) is 0. The van der Waals surface area contributed by atoms with E-state index in [2.05, 4.69) is 49.9 Å². The quantitative estimate of drug-likeness (QED) is 0.864. The van der Waals surface area contributed by atoms with Crippen molar-refractivity contribution in [1.82, 2.24) is 14.4 Å². The molecule has 0 radical (unpaired) electrons. The SMILES string of the molecule is CC(C)[C@@H]1CN(Cc2cc3ccccc3n(C)c2=O)C[C@H]1N(C)C. The van der Waals surface area contributed by atoms with E-state index in [-0.39, 0.29) is 5.56 Å². The van der Waals surface area contributed by atoms with Gasteiger partial charge in [0.25, 0.3) is 5.56 Å². The van der Waals surface area contributed by atoms with E-state index in [0.717, 1.165) is 36.1 Å². The number of pyridine rings is 1. The van der Waals surface area contributed by atoms with Gasteiger partial charge in [-0.2, -0.15) is 0 Å². The van der Waals surface area contributed by atoms with Crippen molar-refractivity contribution in [2.45, 2.75) is 26.4 Å². The van der Waals surface area contributed by atoms with Crippen LogP contribution in [0.15, 0.2) is 35.1 Å². The molecule has 2 heterocycles. The zero-order valence-corrected chi connectivity index (χ0v) is 15.5. The monoisotopic (exact) mass is 327 g/mol. The molecule has 1 saturated heterocycles. The fraction of sp³-hybridized carbons (Fsp3) is 0.550. The molecule has 0 amide bonds. The summed E-state index contributed by atoms with van der Waals surface area (Å²) in [5, 5.41) is 1.14. The molecule has 0 spiro atoms. The summed E-state index contributed by atoms with van der Waals surface area (Å²) < 4.78 is 1.78. The number of aromatic nitrogens is 1. The third-order valence-electron chi connectivity index (χ3n) is 5.53. The molecule has 0 aliphatic carbocycles. The zero-order chi connectivity index (χ0) is 17.4. The maximum atomic E-state index is 12.7. The summed E-state index contributed by atoms with van der Waals surface area (Å²) in [5.41, 5.74) is 2.03. The average molecular weight is 327 g/mol. The van der Waals surface area contributed by atoms with Gasteiger partial charge >= 0.3 is 0 Å². The molecule has 4 heteroatoms. The van der Waals surface area contributed by atoms with E-state index in [9.17, 15) is 4.79 Å². The molecule has 2 aromatic rings. The Balaban J connectivity index is 1.88. The van der Waals surface area contributed by atoms with E-state index < -0.39 is 0 Å². The first-order chi connectivity index (χ1) is 11.4. The van der Waals surface area contributed by atoms with Gasteiger partial charge in [0.05, 0.1) is 5.52 Å². The molecular weight excluding hydrogens is 298 g/mol. The minimum Gasteiger partial charge on any atom is -0.311 e. The van der Waals surface area contributed by atoms with Crippen molar-refractivity contribution >= 4 is 10.9 Å². The second-order valence-electron chi connectivity index (χ2n) is 7.73. The van der Waals surface area contributed by atoms with Crippen LogP contribution >= 0.6 is 0 Å². The fourth-order valence-corrected chi connectivity index (χ4v) is 4.07. The molecular formula is C20H29N3O. The summed E-state index contributed by atoms with van der Waals surface area (Å²) in [4.78, 5) is 17.5. The molecule has 24 heavy (non-hydrogen) atoms. The van der Waals surface area contributed by atoms with Crippen molar-refractivity contribution in [3.05, 3.63) is 46.2 Å². The average Bonchev–Trinajstić information content (AvgIpc) is 2.97. The number of aryl methyl sites for hydroxylation is 1. The third kappa shape index (κ3) is 3.13. The maximum Gasteiger partial charge on any atom is 0.255 e. The van der Waals surface area contributed by atoms with E-state index in [1.54, 1.807) is 4.57 Å². The third-order valence-corrected chi connectivity index (χ3v) is 5.53.